The number of ether oxygens (including phenoxy) is 1. The molecule has 0 amide bonds. The van der Waals surface area contributed by atoms with Gasteiger partial charge in [0.05, 0.1) is 6.61 Å². The Kier molecular flexibility index (Phi) is 8.74. The van der Waals surface area contributed by atoms with Gasteiger partial charge in [-0.15, -0.1) is 0 Å². The molecule has 0 atom stereocenters. The van der Waals surface area contributed by atoms with Crippen LogP contribution >= 0.6 is 0 Å². The Balaban J connectivity index is 1.91. The van der Waals surface area contributed by atoms with Crippen molar-refractivity contribution >= 4 is 0 Å². The molecule has 0 radical (unpaired) electrons. The molecule has 0 spiro atoms. The zero-order valence-electron chi connectivity index (χ0n) is 17.2. The van der Waals surface area contributed by atoms with E-state index < -0.39 is 0 Å². The summed E-state index contributed by atoms with van der Waals surface area (Å²) in [5, 5.41) is 0. The largest absolute Gasteiger partial charge is 0.493 e. The highest BCUT2D eigenvalue weighted by molar-refractivity contribution is 5.44. The quantitative estimate of drug-likeness (QED) is 0.396. The van der Waals surface area contributed by atoms with Gasteiger partial charge in [-0.2, -0.15) is 0 Å². The maximum Gasteiger partial charge on any atom is 0.122 e. The first-order chi connectivity index (χ1) is 12.7. The van der Waals surface area contributed by atoms with Gasteiger partial charge in [0.2, 0.25) is 0 Å². The lowest BCUT2D eigenvalue weighted by molar-refractivity contribution is 0.304. The molecule has 0 bridgehead atoms. The Labute approximate surface area is 160 Å². The molecule has 0 N–H and O–H groups in total. The standard InChI is InChI=1S/C25H36O/c1-5-7-9-19-26-25-18-17-24(20(3)21(25)4)16-15-23-13-11-22(12-14-23)10-8-6-2/h11-14,17-18H,5-10,15-16,19H2,1-4H3. The fraction of sp³-hybridized carbons (Fsp3) is 0.520. The third kappa shape index (κ3) is 6.20. The highest BCUT2D eigenvalue weighted by Crippen LogP contribution is 2.25. The Morgan fingerprint density at radius 2 is 1.31 bits per heavy atom. The summed E-state index contributed by atoms with van der Waals surface area (Å²) in [5.41, 5.74) is 7.03. The third-order valence-corrected chi connectivity index (χ3v) is 5.38. The summed E-state index contributed by atoms with van der Waals surface area (Å²) in [6.45, 7) is 9.73. The van der Waals surface area contributed by atoms with E-state index in [0.29, 0.717) is 0 Å². The Morgan fingerprint density at radius 3 is 1.96 bits per heavy atom. The molecule has 2 rings (SSSR count). The van der Waals surface area contributed by atoms with Gasteiger partial charge >= 0.3 is 0 Å². The fourth-order valence-corrected chi connectivity index (χ4v) is 3.35. The molecule has 1 nitrogen and oxygen atoms in total. The molecule has 0 aliphatic carbocycles. The van der Waals surface area contributed by atoms with Gasteiger partial charge < -0.3 is 4.74 Å². The summed E-state index contributed by atoms with van der Waals surface area (Å²) in [6.07, 6.45) is 9.57. The number of rotatable bonds is 11. The van der Waals surface area contributed by atoms with Gasteiger partial charge in [0.15, 0.2) is 0 Å². The minimum absolute atomic E-state index is 0.831. The van der Waals surface area contributed by atoms with Crippen LogP contribution in [0.4, 0.5) is 0 Å². The van der Waals surface area contributed by atoms with Crippen molar-refractivity contribution in [2.75, 3.05) is 6.61 Å². The second-order valence-corrected chi connectivity index (χ2v) is 7.45. The van der Waals surface area contributed by atoms with Crippen LogP contribution in [0, 0.1) is 13.8 Å². The normalized spacial score (nSPS) is 10.9. The smallest absolute Gasteiger partial charge is 0.122 e. The summed E-state index contributed by atoms with van der Waals surface area (Å²) >= 11 is 0. The predicted octanol–water partition coefficient (Wildman–Crippen LogP) is 7.00. The van der Waals surface area contributed by atoms with Crippen molar-refractivity contribution < 1.29 is 4.74 Å². The van der Waals surface area contributed by atoms with Crippen molar-refractivity contribution in [3.8, 4) is 5.75 Å². The molecule has 0 heterocycles. The van der Waals surface area contributed by atoms with Gasteiger partial charge in [-0.1, -0.05) is 63.4 Å². The van der Waals surface area contributed by atoms with Crippen molar-refractivity contribution in [1.82, 2.24) is 0 Å². The number of aryl methyl sites for hydroxylation is 3. The number of hydrogen-bond donors (Lipinski definition) is 0. The first kappa shape index (κ1) is 20.6. The van der Waals surface area contributed by atoms with E-state index in [0.717, 1.165) is 31.6 Å². The van der Waals surface area contributed by atoms with E-state index in [2.05, 4.69) is 64.1 Å². The second kappa shape index (κ2) is 11.1. The number of benzene rings is 2. The molecule has 0 saturated carbocycles. The monoisotopic (exact) mass is 352 g/mol. The van der Waals surface area contributed by atoms with Crippen LogP contribution in [0.5, 0.6) is 5.75 Å². The van der Waals surface area contributed by atoms with E-state index in [1.165, 1.54) is 59.9 Å². The van der Waals surface area contributed by atoms with Crippen LogP contribution in [-0.2, 0) is 19.3 Å². The lowest BCUT2D eigenvalue weighted by Gasteiger charge is -2.15. The topological polar surface area (TPSA) is 9.23 Å². The zero-order chi connectivity index (χ0) is 18.8. The molecule has 0 saturated heterocycles. The minimum atomic E-state index is 0.831. The number of unbranched alkanes of at least 4 members (excludes halogenated alkanes) is 3. The fourth-order valence-electron chi connectivity index (χ4n) is 3.35. The zero-order valence-corrected chi connectivity index (χ0v) is 17.2. The van der Waals surface area contributed by atoms with Crippen molar-refractivity contribution in [1.29, 1.82) is 0 Å². The Bertz CT molecular complexity index is 655. The van der Waals surface area contributed by atoms with Gasteiger partial charge in [-0.3, -0.25) is 0 Å². The van der Waals surface area contributed by atoms with Gasteiger partial charge in [-0.05, 0) is 79.8 Å². The Morgan fingerprint density at radius 1 is 0.654 bits per heavy atom. The van der Waals surface area contributed by atoms with Crippen molar-refractivity contribution in [3.63, 3.8) is 0 Å². The minimum Gasteiger partial charge on any atom is -0.493 e. The first-order valence-corrected chi connectivity index (χ1v) is 10.4. The van der Waals surface area contributed by atoms with E-state index in [1.54, 1.807) is 0 Å². The molecule has 2 aromatic carbocycles. The molecule has 26 heavy (non-hydrogen) atoms. The van der Waals surface area contributed by atoms with E-state index >= 15 is 0 Å². The van der Waals surface area contributed by atoms with Crippen LogP contribution < -0.4 is 4.74 Å². The second-order valence-electron chi connectivity index (χ2n) is 7.45. The van der Waals surface area contributed by atoms with Crippen LogP contribution in [0.1, 0.15) is 73.8 Å². The molecule has 0 aromatic heterocycles. The van der Waals surface area contributed by atoms with Crippen LogP contribution in [-0.4, -0.2) is 6.61 Å². The molecule has 2 aromatic rings. The molecule has 0 fully saturated rings. The summed E-state index contributed by atoms with van der Waals surface area (Å²) in [4.78, 5) is 0. The van der Waals surface area contributed by atoms with Crippen molar-refractivity contribution in [3.05, 3.63) is 64.2 Å². The van der Waals surface area contributed by atoms with Crippen molar-refractivity contribution in [2.45, 2.75) is 79.1 Å². The lowest BCUT2D eigenvalue weighted by Crippen LogP contribution is -2.02. The average Bonchev–Trinajstić information content (AvgIpc) is 2.67. The summed E-state index contributed by atoms with van der Waals surface area (Å²) in [6, 6.07) is 13.6. The summed E-state index contributed by atoms with van der Waals surface area (Å²) in [5.74, 6) is 1.06. The lowest BCUT2D eigenvalue weighted by atomic mass is 9.96. The molecular formula is C25H36O. The van der Waals surface area contributed by atoms with Crippen LogP contribution in [0.2, 0.25) is 0 Å². The molecule has 0 aliphatic heterocycles. The molecule has 0 unspecified atom stereocenters. The average molecular weight is 353 g/mol. The summed E-state index contributed by atoms with van der Waals surface area (Å²) < 4.78 is 5.98. The molecular weight excluding hydrogens is 316 g/mol. The molecule has 0 aliphatic rings. The van der Waals surface area contributed by atoms with E-state index in [9.17, 15) is 0 Å². The highest BCUT2D eigenvalue weighted by atomic mass is 16.5. The van der Waals surface area contributed by atoms with Gasteiger partial charge in [0.1, 0.15) is 5.75 Å². The maximum atomic E-state index is 5.98. The van der Waals surface area contributed by atoms with Gasteiger partial charge in [0.25, 0.3) is 0 Å². The highest BCUT2D eigenvalue weighted by Gasteiger charge is 2.08. The molecule has 1 heteroatoms. The third-order valence-electron chi connectivity index (χ3n) is 5.38. The van der Waals surface area contributed by atoms with E-state index in [4.69, 9.17) is 4.74 Å². The Hall–Kier alpha value is -1.76. The predicted molar refractivity (Wildman–Crippen MR) is 113 cm³/mol. The maximum absolute atomic E-state index is 5.98. The van der Waals surface area contributed by atoms with Crippen LogP contribution in [0.15, 0.2) is 36.4 Å². The van der Waals surface area contributed by atoms with Gasteiger partial charge in [0, 0.05) is 0 Å². The van der Waals surface area contributed by atoms with Crippen LogP contribution in [0.3, 0.4) is 0 Å². The SMILES string of the molecule is CCCCCOc1ccc(CCc2ccc(CCCC)cc2)c(C)c1C. The summed E-state index contributed by atoms with van der Waals surface area (Å²) in [7, 11) is 0. The van der Waals surface area contributed by atoms with Crippen molar-refractivity contribution in [2.24, 2.45) is 0 Å². The number of hydrogen-bond acceptors (Lipinski definition) is 1. The van der Waals surface area contributed by atoms with E-state index in [-0.39, 0.29) is 0 Å². The van der Waals surface area contributed by atoms with Crippen LogP contribution in [0.25, 0.3) is 0 Å². The van der Waals surface area contributed by atoms with E-state index in [1.807, 2.05) is 0 Å². The first-order valence-electron chi connectivity index (χ1n) is 10.4. The molecule has 142 valence electrons. The van der Waals surface area contributed by atoms with Gasteiger partial charge in [-0.25, -0.2) is 0 Å².